The van der Waals surface area contributed by atoms with Crippen LogP contribution in [-0.4, -0.2) is 47.4 Å². The molecule has 0 aliphatic carbocycles. The fraction of sp³-hybridized carbons (Fsp3) is 0.462. The number of carbonyl (C=O) groups is 2. The molecule has 1 aromatic heterocycles. The molecule has 2 rings (SSSR count). The Morgan fingerprint density at radius 3 is 2.70 bits per heavy atom. The Kier molecular flexibility index (Phi) is 5.08. The van der Waals surface area contributed by atoms with Crippen molar-refractivity contribution in [1.82, 2.24) is 15.2 Å². The van der Waals surface area contributed by atoms with Crippen LogP contribution in [0.2, 0.25) is 0 Å². The normalized spacial score (nSPS) is 16.9. The summed E-state index contributed by atoms with van der Waals surface area (Å²) in [4.78, 5) is 28.9. The number of nitrogens with one attached hydrogen (secondary N) is 1. The molecule has 1 aliphatic rings. The predicted molar refractivity (Wildman–Crippen MR) is 78.1 cm³/mol. The maximum Gasteiger partial charge on any atom is 0.253 e. The van der Waals surface area contributed by atoms with E-state index in [0.717, 1.165) is 30.4 Å². The quantitative estimate of drug-likeness (QED) is 0.836. The maximum absolute atomic E-state index is 12.1. The minimum Gasteiger partial charge on any atom is -0.369 e. The number of pyridine rings is 1. The predicted octanol–water partition coefficient (Wildman–Crippen LogP) is 0.524. The zero-order chi connectivity index (χ0) is 14.5. The molecule has 2 heterocycles. The third-order valence-electron chi connectivity index (χ3n) is 3.27. The summed E-state index contributed by atoms with van der Waals surface area (Å²) in [5.41, 5.74) is 5.71. The van der Waals surface area contributed by atoms with Crippen LogP contribution in [0.25, 0.3) is 0 Å². The SMILES string of the molecule is NC(=O)CN1CCC(NC(=O)c2cncc(Br)c2)CC1. The van der Waals surface area contributed by atoms with Crippen molar-refractivity contribution in [2.75, 3.05) is 19.6 Å². The van der Waals surface area contributed by atoms with Crippen molar-refractivity contribution in [1.29, 1.82) is 0 Å². The van der Waals surface area contributed by atoms with Gasteiger partial charge in [-0.2, -0.15) is 0 Å². The van der Waals surface area contributed by atoms with E-state index in [1.807, 2.05) is 4.90 Å². The lowest BCUT2D eigenvalue weighted by atomic mass is 10.0. The molecule has 1 saturated heterocycles. The zero-order valence-electron chi connectivity index (χ0n) is 11.0. The maximum atomic E-state index is 12.1. The molecule has 2 amide bonds. The van der Waals surface area contributed by atoms with Gasteiger partial charge in [-0.25, -0.2) is 0 Å². The summed E-state index contributed by atoms with van der Waals surface area (Å²) in [5.74, 6) is -0.431. The highest BCUT2D eigenvalue weighted by atomic mass is 79.9. The number of hydrogen-bond acceptors (Lipinski definition) is 4. The Balaban J connectivity index is 1.83. The molecular formula is C13H17BrN4O2. The first-order chi connectivity index (χ1) is 9.54. The van der Waals surface area contributed by atoms with Crippen LogP contribution in [0.1, 0.15) is 23.2 Å². The van der Waals surface area contributed by atoms with Crippen LogP contribution in [0.3, 0.4) is 0 Å². The van der Waals surface area contributed by atoms with E-state index >= 15 is 0 Å². The van der Waals surface area contributed by atoms with E-state index in [2.05, 4.69) is 26.2 Å². The number of nitrogens with zero attached hydrogens (tertiary/aromatic N) is 2. The number of rotatable bonds is 4. The minimum absolute atomic E-state index is 0.118. The third-order valence-corrected chi connectivity index (χ3v) is 3.70. The molecule has 0 unspecified atom stereocenters. The van der Waals surface area contributed by atoms with Crippen molar-refractivity contribution >= 4 is 27.7 Å². The van der Waals surface area contributed by atoms with E-state index < -0.39 is 0 Å². The van der Waals surface area contributed by atoms with Crippen LogP contribution in [0, 0.1) is 0 Å². The molecule has 20 heavy (non-hydrogen) atoms. The summed E-state index contributed by atoms with van der Waals surface area (Å²) in [5, 5.41) is 2.99. The van der Waals surface area contributed by atoms with Gasteiger partial charge in [0.1, 0.15) is 0 Å². The highest BCUT2D eigenvalue weighted by molar-refractivity contribution is 9.10. The van der Waals surface area contributed by atoms with Crippen LogP contribution < -0.4 is 11.1 Å². The molecule has 0 spiro atoms. The third kappa shape index (κ3) is 4.28. The molecule has 3 N–H and O–H groups in total. The van der Waals surface area contributed by atoms with Crippen molar-refractivity contribution in [3.05, 3.63) is 28.5 Å². The lowest BCUT2D eigenvalue weighted by molar-refractivity contribution is -0.119. The Hall–Kier alpha value is -1.47. The van der Waals surface area contributed by atoms with E-state index in [9.17, 15) is 9.59 Å². The molecule has 1 fully saturated rings. The van der Waals surface area contributed by atoms with E-state index in [0.29, 0.717) is 5.56 Å². The van der Waals surface area contributed by atoms with Crippen molar-refractivity contribution < 1.29 is 9.59 Å². The number of aromatic nitrogens is 1. The number of amides is 2. The number of halogens is 1. The van der Waals surface area contributed by atoms with E-state index in [1.165, 1.54) is 0 Å². The molecule has 6 nitrogen and oxygen atoms in total. The fourth-order valence-electron chi connectivity index (χ4n) is 2.26. The summed E-state index contributed by atoms with van der Waals surface area (Å²) in [6, 6.07) is 1.87. The summed E-state index contributed by atoms with van der Waals surface area (Å²) in [7, 11) is 0. The van der Waals surface area contributed by atoms with Crippen molar-refractivity contribution in [3.8, 4) is 0 Å². The summed E-state index contributed by atoms with van der Waals surface area (Å²) in [6.45, 7) is 1.82. The highest BCUT2D eigenvalue weighted by Gasteiger charge is 2.21. The fourth-order valence-corrected chi connectivity index (χ4v) is 2.63. The van der Waals surface area contributed by atoms with Gasteiger partial charge in [0.25, 0.3) is 5.91 Å². The van der Waals surface area contributed by atoms with Gasteiger partial charge < -0.3 is 11.1 Å². The summed E-state index contributed by atoms with van der Waals surface area (Å²) < 4.78 is 0.779. The lowest BCUT2D eigenvalue weighted by Crippen LogP contribution is -2.46. The number of nitrogens with two attached hydrogens (primary N) is 1. The number of hydrogen-bond donors (Lipinski definition) is 2. The van der Waals surface area contributed by atoms with Crippen LogP contribution in [-0.2, 0) is 4.79 Å². The van der Waals surface area contributed by atoms with Gasteiger partial charge in [-0.3, -0.25) is 19.5 Å². The molecule has 108 valence electrons. The smallest absolute Gasteiger partial charge is 0.253 e. The van der Waals surface area contributed by atoms with Crippen LogP contribution >= 0.6 is 15.9 Å². The van der Waals surface area contributed by atoms with Crippen molar-refractivity contribution in [2.24, 2.45) is 5.73 Å². The second kappa shape index (κ2) is 6.81. The Labute approximate surface area is 125 Å². The van der Waals surface area contributed by atoms with Crippen LogP contribution in [0.5, 0.6) is 0 Å². The highest BCUT2D eigenvalue weighted by Crippen LogP contribution is 2.13. The van der Waals surface area contributed by atoms with Gasteiger partial charge in [0, 0.05) is 36.0 Å². The Morgan fingerprint density at radius 1 is 1.40 bits per heavy atom. The second-order valence-corrected chi connectivity index (χ2v) is 5.80. The first kappa shape index (κ1) is 14.9. The molecule has 0 aromatic carbocycles. The molecule has 0 atom stereocenters. The van der Waals surface area contributed by atoms with E-state index in [1.54, 1.807) is 18.5 Å². The van der Waals surface area contributed by atoms with Crippen LogP contribution in [0.4, 0.5) is 0 Å². The van der Waals surface area contributed by atoms with Gasteiger partial charge in [0.15, 0.2) is 0 Å². The average Bonchev–Trinajstić information content (AvgIpc) is 2.40. The number of likely N-dealkylation sites (tertiary alicyclic amines) is 1. The Morgan fingerprint density at radius 2 is 2.10 bits per heavy atom. The van der Waals surface area contributed by atoms with Gasteiger partial charge in [-0.1, -0.05) is 0 Å². The van der Waals surface area contributed by atoms with E-state index in [-0.39, 0.29) is 24.4 Å². The van der Waals surface area contributed by atoms with Crippen molar-refractivity contribution in [3.63, 3.8) is 0 Å². The molecule has 0 saturated carbocycles. The van der Waals surface area contributed by atoms with Crippen LogP contribution in [0.15, 0.2) is 22.9 Å². The van der Waals surface area contributed by atoms with Gasteiger partial charge in [0.05, 0.1) is 12.1 Å². The summed E-state index contributed by atoms with van der Waals surface area (Å²) >= 11 is 3.29. The number of primary amides is 1. The lowest BCUT2D eigenvalue weighted by Gasteiger charge is -2.31. The van der Waals surface area contributed by atoms with Gasteiger partial charge >= 0.3 is 0 Å². The zero-order valence-corrected chi connectivity index (χ0v) is 12.6. The minimum atomic E-state index is -0.312. The molecule has 0 bridgehead atoms. The first-order valence-electron chi connectivity index (χ1n) is 6.46. The monoisotopic (exact) mass is 340 g/mol. The van der Waals surface area contributed by atoms with E-state index in [4.69, 9.17) is 5.73 Å². The first-order valence-corrected chi connectivity index (χ1v) is 7.26. The molecule has 1 aromatic rings. The standard InChI is InChI=1S/C13H17BrN4O2/c14-10-5-9(6-16-7-10)13(20)17-11-1-3-18(4-2-11)8-12(15)19/h5-7,11H,1-4,8H2,(H2,15,19)(H,17,20). The molecule has 1 aliphatic heterocycles. The topological polar surface area (TPSA) is 88.3 Å². The summed E-state index contributed by atoms with van der Waals surface area (Å²) in [6.07, 6.45) is 4.82. The number of piperidine rings is 1. The second-order valence-electron chi connectivity index (χ2n) is 4.88. The number of carbonyl (C=O) groups excluding carboxylic acids is 2. The van der Waals surface area contributed by atoms with Crippen molar-refractivity contribution in [2.45, 2.75) is 18.9 Å². The Bertz CT molecular complexity index is 501. The molecular weight excluding hydrogens is 324 g/mol. The van der Waals surface area contributed by atoms with Gasteiger partial charge in [-0.05, 0) is 34.8 Å². The largest absolute Gasteiger partial charge is 0.369 e. The molecule has 7 heteroatoms. The molecule has 0 radical (unpaired) electrons. The van der Waals surface area contributed by atoms with Gasteiger partial charge in [0.2, 0.25) is 5.91 Å². The average molecular weight is 341 g/mol. The van der Waals surface area contributed by atoms with Gasteiger partial charge in [-0.15, -0.1) is 0 Å².